The third kappa shape index (κ3) is 2.65. The smallest absolute Gasteiger partial charge is 0.406 e. The Kier molecular flexibility index (Phi) is 3.17. The Hall–Kier alpha value is -1.95. The van der Waals surface area contributed by atoms with E-state index in [-0.39, 0.29) is 11.8 Å². The Morgan fingerprint density at radius 2 is 2.05 bits per heavy atom. The molecule has 0 fully saturated rings. The molecule has 0 aliphatic carbocycles. The highest BCUT2D eigenvalue weighted by Crippen LogP contribution is 2.29. The first kappa shape index (κ1) is 13.1. The molecule has 2 aromatic rings. The van der Waals surface area contributed by atoms with Crippen LogP contribution in [0.15, 0.2) is 42.6 Å². The van der Waals surface area contributed by atoms with E-state index in [4.69, 9.17) is 0 Å². The number of halogens is 3. The van der Waals surface area contributed by atoms with Crippen LogP contribution in [0, 0.1) is 0 Å². The van der Waals surface area contributed by atoms with E-state index >= 15 is 0 Å². The molecule has 0 saturated carbocycles. The zero-order valence-electron chi connectivity index (χ0n) is 10.5. The molecule has 1 N–H and O–H groups in total. The molecule has 0 amide bonds. The third-order valence-corrected chi connectivity index (χ3v) is 3.29. The Balaban J connectivity index is 1.91. The van der Waals surface area contributed by atoms with Crippen LogP contribution in [0.1, 0.15) is 17.3 Å². The van der Waals surface area contributed by atoms with Crippen molar-refractivity contribution in [1.82, 2.24) is 9.88 Å². The lowest BCUT2D eigenvalue weighted by Crippen LogP contribution is -2.33. The van der Waals surface area contributed by atoms with Crippen molar-refractivity contribution in [2.45, 2.75) is 18.9 Å². The lowest BCUT2D eigenvalue weighted by molar-refractivity contribution is -0.274. The maximum Gasteiger partial charge on any atom is 0.573 e. The molecular formula is C14H13F3N2O. The van der Waals surface area contributed by atoms with Crippen LogP contribution in [0.25, 0.3) is 0 Å². The molecule has 0 saturated heterocycles. The molecule has 1 aromatic heterocycles. The predicted octanol–water partition coefficient (Wildman–Crippen LogP) is 3.08. The SMILES string of the molecule is FC(F)(F)Oc1cccc(C2NCCn3cccc32)c1. The molecule has 0 spiro atoms. The Morgan fingerprint density at radius 1 is 1.20 bits per heavy atom. The third-order valence-electron chi connectivity index (χ3n) is 3.29. The van der Waals surface area contributed by atoms with Crippen LogP contribution in [-0.2, 0) is 6.54 Å². The first-order valence-electron chi connectivity index (χ1n) is 6.27. The van der Waals surface area contributed by atoms with Gasteiger partial charge < -0.3 is 14.6 Å². The molecule has 6 heteroatoms. The van der Waals surface area contributed by atoms with Crippen molar-refractivity contribution in [3.05, 3.63) is 53.9 Å². The molecule has 1 aliphatic heterocycles. The summed E-state index contributed by atoms with van der Waals surface area (Å²) in [7, 11) is 0. The standard InChI is InChI=1S/C14H13F3N2O/c15-14(16,17)20-11-4-1-3-10(9-11)13-12-5-2-7-19(12)8-6-18-13/h1-5,7,9,13,18H,6,8H2. The molecule has 2 heterocycles. The van der Waals surface area contributed by atoms with Gasteiger partial charge in [0.1, 0.15) is 5.75 Å². The minimum atomic E-state index is -4.67. The summed E-state index contributed by atoms with van der Waals surface area (Å²) in [5, 5.41) is 3.31. The van der Waals surface area contributed by atoms with Crippen LogP contribution in [0.5, 0.6) is 5.75 Å². The van der Waals surface area contributed by atoms with Gasteiger partial charge in [0.2, 0.25) is 0 Å². The van der Waals surface area contributed by atoms with Gasteiger partial charge >= 0.3 is 6.36 Å². The summed E-state index contributed by atoms with van der Waals surface area (Å²) >= 11 is 0. The summed E-state index contributed by atoms with van der Waals surface area (Å²) in [4.78, 5) is 0. The zero-order valence-corrected chi connectivity index (χ0v) is 10.5. The number of hydrogen-bond donors (Lipinski definition) is 1. The van der Waals surface area contributed by atoms with E-state index in [1.165, 1.54) is 12.1 Å². The van der Waals surface area contributed by atoms with Gasteiger partial charge in [-0.15, -0.1) is 13.2 Å². The maximum absolute atomic E-state index is 12.3. The van der Waals surface area contributed by atoms with Crippen LogP contribution in [-0.4, -0.2) is 17.5 Å². The highest BCUT2D eigenvalue weighted by molar-refractivity contribution is 5.35. The van der Waals surface area contributed by atoms with E-state index in [0.29, 0.717) is 0 Å². The predicted molar refractivity (Wildman–Crippen MR) is 67.4 cm³/mol. The number of aromatic nitrogens is 1. The minimum Gasteiger partial charge on any atom is -0.406 e. The summed E-state index contributed by atoms with van der Waals surface area (Å²) < 4.78 is 42.9. The first-order valence-corrected chi connectivity index (χ1v) is 6.27. The average Bonchev–Trinajstić information content (AvgIpc) is 2.85. The summed E-state index contributed by atoms with van der Waals surface area (Å²) in [6, 6.07) is 9.88. The summed E-state index contributed by atoms with van der Waals surface area (Å²) in [5.74, 6) is -0.194. The molecule has 0 bridgehead atoms. The second-order valence-electron chi connectivity index (χ2n) is 4.63. The molecule has 1 atom stereocenters. The van der Waals surface area contributed by atoms with Gasteiger partial charge in [-0.2, -0.15) is 0 Å². The molecule has 1 aromatic carbocycles. The highest BCUT2D eigenvalue weighted by Gasteiger charge is 2.31. The fraction of sp³-hybridized carbons (Fsp3) is 0.286. The number of benzene rings is 1. The number of nitrogens with zero attached hydrogens (tertiary/aromatic N) is 1. The highest BCUT2D eigenvalue weighted by atomic mass is 19.4. The van der Waals surface area contributed by atoms with Gasteiger partial charge in [-0.25, -0.2) is 0 Å². The van der Waals surface area contributed by atoms with E-state index in [2.05, 4.69) is 14.6 Å². The second-order valence-corrected chi connectivity index (χ2v) is 4.63. The monoisotopic (exact) mass is 282 g/mol. The molecule has 3 rings (SSSR count). The van der Waals surface area contributed by atoms with Gasteiger partial charge in [0.15, 0.2) is 0 Å². The van der Waals surface area contributed by atoms with Crippen LogP contribution in [0.2, 0.25) is 0 Å². The van der Waals surface area contributed by atoms with Crippen molar-refractivity contribution in [3.8, 4) is 5.75 Å². The van der Waals surface area contributed by atoms with E-state index in [1.807, 2.05) is 18.3 Å². The number of rotatable bonds is 2. The van der Waals surface area contributed by atoms with Crippen molar-refractivity contribution in [2.24, 2.45) is 0 Å². The first-order chi connectivity index (χ1) is 9.53. The molecule has 106 valence electrons. The quantitative estimate of drug-likeness (QED) is 0.916. The minimum absolute atomic E-state index is 0.115. The van der Waals surface area contributed by atoms with Gasteiger partial charge in [0.25, 0.3) is 0 Å². The van der Waals surface area contributed by atoms with Crippen molar-refractivity contribution < 1.29 is 17.9 Å². The van der Waals surface area contributed by atoms with Crippen LogP contribution in [0.4, 0.5) is 13.2 Å². The number of fused-ring (bicyclic) bond motifs is 1. The topological polar surface area (TPSA) is 26.2 Å². The number of nitrogens with one attached hydrogen (secondary N) is 1. The maximum atomic E-state index is 12.3. The summed E-state index contributed by atoms with van der Waals surface area (Å²) in [5.41, 5.74) is 1.80. The summed E-state index contributed by atoms with van der Waals surface area (Å²) in [6.07, 6.45) is -2.70. The molecule has 20 heavy (non-hydrogen) atoms. The van der Waals surface area contributed by atoms with Gasteiger partial charge in [-0.05, 0) is 29.8 Å². The van der Waals surface area contributed by atoms with Gasteiger partial charge in [-0.1, -0.05) is 12.1 Å². The van der Waals surface area contributed by atoms with Gasteiger partial charge in [-0.3, -0.25) is 0 Å². The van der Waals surface area contributed by atoms with Crippen LogP contribution < -0.4 is 10.1 Å². The van der Waals surface area contributed by atoms with Crippen molar-refractivity contribution in [1.29, 1.82) is 0 Å². The van der Waals surface area contributed by atoms with Crippen molar-refractivity contribution in [3.63, 3.8) is 0 Å². The van der Waals surface area contributed by atoms with E-state index in [1.54, 1.807) is 12.1 Å². The fourth-order valence-electron chi connectivity index (χ4n) is 2.51. The largest absolute Gasteiger partial charge is 0.573 e. The Labute approximate surface area is 114 Å². The number of alkyl halides is 3. The van der Waals surface area contributed by atoms with Crippen LogP contribution >= 0.6 is 0 Å². The Bertz CT molecular complexity index is 606. The molecular weight excluding hydrogens is 269 g/mol. The normalized spacial score (nSPS) is 18.6. The lowest BCUT2D eigenvalue weighted by Gasteiger charge is -2.27. The van der Waals surface area contributed by atoms with Crippen LogP contribution in [0.3, 0.4) is 0 Å². The van der Waals surface area contributed by atoms with Gasteiger partial charge in [0, 0.05) is 25.0 Å². The molecule has 1 aliphatic rings. The van der Waals surface area contributed by atoms with E-state index in [9.17, 15) is 13.2 Å². The van der Waals surface area contributed by atoms with E-state index in [0.717, 1.165) is 24.3 Å². The molecule has 1 unspecified atom stereocenters. The second kappa shape index (κ2) is 4.86. The lowest BCUT2D eigenvalue weighted by atomic mass is 10.0. The van der Waals surface area contributed by atoms with Crippen molar-refractivity contribution in [2.75, 3.05) is 6.54 Å². The average molecular weight is 282 g/mol. The summed E-state index contributed by atoms with van der Waals surface area (Å²) in [6.45, 7) is 1.63. The number of ether oxygens (including phenoxy) is 1. The Morgan fingerprint density at radius 3 is 2.85 bits per heavy atom. The van der Waals surface area contributed by atoms with Gasteiger partial charge in [0.05, 0.1) is 6.04 Å². The zero-order chi connectivity index (χ0) is 14.2. The van der Waals surface area contributed by atoms with Crippen molar-refractivity contribution >= 4 is 0 Å². The number of hydrogen-bond acceptors (Lipinski definition) is 2. The fourth-order valence-corrected chi connectivity index (χ4v) is 2.51. The van der Waals surface area contributed by atoms with E-state index < -0.39 is 6.36 Å². The molecule has 3 nitrogen and oxygen atoms in total. The molecule has 0 radical (unpaired) electrons.